The first-order valence-electron chi connectivity index (χ1n) is 9.54. The van der Waals surface area contributed by atoms with Crippen molar-refractivity contribution in [1.29, 1.82) is 0 Å². The van der Waals surface area contributed by atoms with Crippen LogP contribution in [0.1, 0.15) is 27.2 Å². The topological polar surface area (TPSA) is 86.9 Å². The second-order valence-electron chi connectivity index (χ2n) is 7.04. The van der Waals surface area contributed by atoms with Gasteiger partial charge in [-0.1, -0.05) is 36.4 Å². The lowest BCUT2D eigenvalue weighted by Gasteiger charge is -2.08. The molecule has 8 heteroatoms. The number of carbonyl (C=O) groups excluding carboxylic acids is 1. The van der Waals surface area contributed by atoms with Crippen molar-refractivity contribution in [2.75, 3.05) is 5.32 Å². The molecule has 0 aliphatic carbocycles. The van der Waals surface area contributed by atoms with Gasteiger partial charge in [0.05, 0.1) is 6.54 Å². The molecule has 1 N–H and O–H groups in total. The van der Waals surface area contributed by atoms with E-state index >= 15 is 0 Å². The average molecular weight is 402 g/mol. The van der Waals surface area contributed by atoms with E-state index in [2.05, 4.69) is 26.6 Å². The summed E-state index contributed by atoms with van der Waals surface area (Å²) < 4.78 is 9.00. The van der Waals surface area contributed by atoms with Crippen LogP contribution in [-0.4, -0.2) is 30.5 Å². The van der Waals surface area contributed by atoms with E-state index < -0.39 is 0 Å². The largest absolute Gasteiger partial charge is 0.471 e. The number of anilines is 1. The molecule has 30 heavy (non-hydrogen) atoms. The molecule has 0 bridgehead atoms. The van der Waals surface area contributed by atoms with Gasteiger partial charge in [-0.05, 0) is 48.7 Å². The van der Waals surface area contributed by atoms with Gasteiger partial charge in [0.25, 0.3) is 5.91 Å². The molecule has 0 spiro atoms. The van der Waals surface area contributed by atoms with E-state index in [1.54, 1.807) is 28.0 Å². The van der Waals surface area contributed by atoms with Gasteiger partial charge < -0.3 is 4.74 Å². The maximum absolute atomic E-state index is 12.4. The third kappa shape index (κ3) is 4.91. The number of nitrogens with one attached hydrogen (secondary N) is 1. The van der Waals surface area contributed by atoms with Gasteiger partial charge in [0, 0.05) is 6.20 Å². The Morgan fingerprint density at radius 1 is 1.00 bits per heavy atom. The molecule has 4 aromatic rings. The van der Waals surface area contributed by atoms with E-state index in [4.69, 9.17) is 4.74 Å². The Hall–Kier alpha value is -3.94. The first-order chi connectivity index (χ1) is 14.5. The van der Waals surface area contributed by atoms with Crippen LogP contribution in [0, 0.1) is 13.8 Å². The molecule has 2 heterocycles. The Kier molecular flexibility index (Phi) is 5.56. The van der Waals surface area contributed by atoms with E-state index in [1.807, 2.05) is 56.3 Å². The summed E-state index contributed by atoms with van der Waals surface area (Å²) >= 11 is 0. The van der Waals surface area contributed by atoms with Gasteiger partial charge in [-0.2, -0.15) is 5.10 Å². The maximum atomic E-state index is 12.4. The fourth-order valence-electron chi connectivity index (χ4n) is 3.08. The lowest BCUT2D eigenvalue weighted by molar-refractivity contribution is 0.101. The minimum absolute atomic E-state index is 0.208. The lowest BCUT2D eigenvalue weighted by Crippen LogP contribution is -2.15. The molecular weight excluding hydrogens is 380 g/mol. The Balaban J connectivity index is 1.34. The summed E-state index contributed by atoms with van der Waals surface area (Å²) in [7, 11) is 0. The second kappa shape index (κ2) is 8.60. The summed E-state index contributed by atoms with van der Waals surface area (Å²) in [5.41, 5.74) is 3.62. The summed E-state index contributed by atoms with van der Waals surface area (Å²) in [4.78, 5) is 16.6. The summed E-state index contributed by atoms with van der Waals surface area (Å²) in [6.07, 6.45) is 3.28. The lowest BCUT2D eigenvalue weighted by atomic mass is 10.1. The minimum Gasteiger partial charge on any atom is -0.471 e. The molecule has 0 aliphatic heterocycles. The van der Waals surface area contributed by atoms with Gasteiger partial charge in [-0.15, -0.1) is 5.10 Å². The molecule has 0 aliphatic rings. The third-order valence-electron chi connectivity index (χ3n) is 4.38. The maximum Gasteiger partial charge on any atom is 0.278 e. The number of benzene rings is 2. The fourth-order valence-corrected chi connectivity index (χ4v) is 3.08. The van der Waals surface area contributed by atoms with Crippen LogP contribution in [0.15, 0.2) is 67.1 Å². The number of nitrogens with zero attached hydrogens (tertiary/aromatic N) is 5. The normalized spacial score (nSPS) is 10.7. The van der Waals surface area contributed by atoms with Crippen molar-refractivity contribution in [2.45, 2.75) is 27.1 Å². The Morgan fingerprint density at radius 3 is 2.53 bits per heavy atom. The SMILES string of the molecule is Cc1cc(C)cc(OCn2ccc(C(=O)Nc3ncn(Cc4ccccc4)n3)n2)c1. The van der Waals surface area contributed by atoms with Crippen LogP contribution in [0.5, 0.6) is 5.75 Å². The number of hydrogen-bond acceptors (Lipinski definition) is 5. The smallest absolute Gasteiger partial charge is 0.278 e. The first-order valence-corrected chi connectivity index (χ1v) is 9.54. The van der Waals surface area contributed by atoms with Crippen LogP contribution >= 0.6 is 0 Å². The molecule has 0 radical (unpaired) electrons. The molecule has 0 saturated heterocycles. The summed E-state index contributed by atoms with van der Waals surface area (Å²) in [6.45, 7) is 4.82. The highest BCUT2D eigenvalue weighted by Gasteiger charge is 2.12. The van der Waals surface area contributed by atoms with Crippen molar-refractivity contribution in [2.24, 2.45) is 0 Å². The van der Waals surface area contributed by atoms with Crippen LogP contribution in [0.4, 0.5) is 5.95 Å². The zero-order valence-corrected chi connectivity index (χ0v) is 16.8. The molecule has 0 atom stereocenters. The minimum atomic E-state index is -0.377. The molecule has 8 nitrogen and oxygen atoms in total. The van der Waals surface area contributed by atoms with Crippen LogP contribution in [0.2, 0.25) is 0 Å². The summed E-state index contributed by atoms with van der Waals surface area (Å²) in [5.74, 6) is 0.622. The summed E-state index contributed by atoms with van der Waals surface area (Å²) in [6, 6.07) is 17.5. The van der Waals surface area contributed by atoms with Gasteiger partial charge in [0.15, 0.2) is 12.4 Å². The van der Waals surface area contributed by atoms with E-state index in [9.17, 15) is 4.79 Å². The molecule has 0 fully saturated rings. The van der Waals surface area contributed by atoms with Crippen molar-refractivity contribution in [1.82, 2.24) is 24.5 Å². The number of amides is 1. The Bertz CT molecular complexity index is 1130. The van der Waals surface area contributed by atoms with Crippen LogP contribution in [0.3, 0.4) is 0 Å². The highest BCUT2D eigenvalue weighted by atomic mass is 16.5. The van der Waals surface area contributed by atoms with Crippen molar-refractivity contribution < 1.29 is 9.53 Å². The average Bonchev–Trinajstić information content (AvgIpc) is 3.36. The molecule has 2 aromatic heterocycles. The quantitative estimate of drug-likeness (QED) is 0.512. The Morgan fingerprint density at radius 2 is 1.77 bits per heavy atom. The Labute approximate surface area is 174 Å². The molecule has 2 aromatic carbocycles. The fraction of sp³-hybridized carbons (Fsp3) is 0.182. The summed E-state index contributed by atoms with van der Waals surface area (Å²) in [5, 5.41) is 11.2. The first kappa shape index (κ1) is 19.4. The van der Waals surface area contributed by atoms with E-state index in [-0.39, 0.29) is 24.3 Å². The number of hydrogen-bond donors (Lipinski definition) is 1. The van der Waals surface area contributed by atoms with Gasteiger partial charge in [-0.3, -0.25) is 10.1 Å². The van der Waals surface area contributed by atoms with Crippen molar-refractivity contribution in [3.8, 4) is 5.75 Å². The van der Waals surface area contributed by atoms with Gasteiger partial charge >= 0.3 is 0 Å². The monoisotopic (exact) mass is 402 g/mol. The predicted molar refractivity (Wildman–Crippen MR) is 112 cm³/mol. The zero-order chi connectivity index (χ0) is 20.9. The highest BCUT2D eigenvalue weighted by molar-refractivity contribution is 6.01. The molecule has 4 rings (SSSR count). The predicted octanol–water partition coefficient (Wildman–Crippen LogP) is 3.43. The van der Waals surface area contributed by atoms with Crippen molar-refractivity contribution in [3.63, 3.8) is 0 Å². The standard InChI is InChI=1S/C22H22N6O2/c1-16-10-17(2)12-19(11-16)30-15-27-9-8-20(25-27)21(29)24-22-23-14-28(26-22)13-18-6-4-3-5-7-18/h3-12,14H,13,15H2,1-2H3,(H,24,26,29). The molecule has 152 valence electrons. The number of carbonyl (C=O) groups is 1. The molecular formula is C22H22N6O2. The number of aromatic nitrogens is 5. The number of aryl methyl sites for hydroxylation is 2. The zero-order valence-electron chi connectivity index (χ0n) is 16.8. The molecule has 0 saturated carbocycles. The van der Waals surface area contributed by atoms with E-state index in [0.717, 1.165) is 22.4 Å². The van der Waals surface area contributed by atoms with Crippen LogP contribution < -0.4 is 10.1 Å². The van der Waals surface area contributed by atoms with Crippen molar-refractivity contribution in [3.05, 3.63) is 89.5 Å². The van der Waals surface area contributed by atoms with Gasteiger partial charge in [-0.25, -0.2) is 14.3 Å². The van der Waals surface area contributed by atoms with Crippen LogP contribution in [0.25, 0.3) is 0 Å². The number of ether oxygens (including phenoxy) is 1. The number of rotatable bonds is 7. The molecule has 1 amide bonds. The van der Waals surface area contributed by atoms with Crippen molar-refractivity contribution >= 4 is 11.9 Å². The van der Waals surface area contributed by atoms with E-state index in [0.29, 0.717) is 6.54 Å². The molecule has 0 unspecified atom stereocenters. The van der Waals surface area contributed by atoms with E-state index in [1.165, 1.54) is 0 Å². The van der Waals surface area contributed by atoms with Crippen LogP contribution in [-0.2, 0) is 13.3 Å². The second-order valence-corrected chi connectivity index (χ2v) is 7.04. The highest BCUT2D eigenvalue weighted by Crippen LogP contribution is 2.16. The van der Waals surface area contributed by atoms with Gasteiger partial charge in [0.2, 0.25) is 5.95 Å². The van der Waals surface area contributed by atoms with Gasteiger partial charge in [0.1, 0.15) is 12.1 Å². The third-order valence-corrected chi connectivity index (χ3v) is 4.38.